The van der Waals surface area contributed by atoms with Gasteiger partial charge in [-0.15, -0.1) is 0 Å². The van der Waals surface area contributed by atoms with Crippen LogP contribution in [0, 0.1) is 0 Å². The van der Waals surface area contributed by atoms with E-state index in [-0.39, 0.29) is 0 Å². The molecular formula is C13H13BrO. The third kappa shape index (κ3) is 2.45. The van der Waals surface area contributed by atoms with Crippen LogP contribution in [0.1, 0.15) is 24.2 Å². The molecule has 0 aliphatic rings. The summed E-state index contributed by atoms with van der Waals surface area (Å²) >= 11 is 3.41. The van der Waals surface area contributed by atoms with Crippen LogP contribution < -0.4 is 0 Å². The molecule has 0 aromatic heterocycles. The van der Waals surface area contributed by atoms with E-state index in [0.717, 1.165) is 21.5 Å². The molecule has 78 valence electrons. The topological polar surface area (TPSA) is 17.1 Å². The quantitative estimate of drug-likeness (QED) is 0.696. The Morgan fingerprint density at radius 1 is 1.07 bits per heavy atom. The van der Waals surface area contributed by atoms with Gasteiger partial charge in [-0.05, 0) is 32.8 Å². The van der Waals surface area contributed by atoms with E-state index in [0.29, 0.717) is 5.56 Å². The Labute approximate surface area is 98.2 Å². The van der Waals surface area contributed by atoms with Crippen molar-refractivity contribution in [2.45, 2.75) is 13.8 Å². The molecule has 0 spiro atoms. The number of carbonyl (C=O) groups is 1. The number of hydrogen-bond acceptors (Lipinski definition) is 1. The fourth-order valence-electron chi connectivity index (χ4n) is 1.34. The van der Waals surface area contributed by atoms with E-state index in [1.54, 1.807) is 0 Å². The maximum Gasteiger partial charge on any atom is 0.151 e. The third-order valence-electron chi connectivity index (χ3n) is 2.02. The molecule has 0 heterocycles. The predicted molar refractivity (Wildman–Crippen MR) is 68.4 cm³/mol. The Morgan fingerprint density at radius 3 is 2.40 bits per heavy atom. The van der Waals surface area contributed by atoms with Gasteiger partial charge < -0.3 is 0 Å². The van der Waals surface area contributed by atoms with Crippen molar-refractivity contribution >= 4 is 33.0 Å². The maximum atomic E-state index is 10.6. The molecule has 0 saturated carbocycles. The summed E-state index contributed by atoms with van der Waals surface area (Å²) in [5.41, 5.74) is 0.693. The summed E-state index contributed by atoms with van der Waals surface area (Å²) in [5, 5.41) is 2.21. The van der Waals surface area contributed by atoms with E-state index < -0.39 is 0 Å². The van der Waals surface area contributed by atoms with Crippen molar-refractivity contribution in [1.82, 2.24) is 0 Å². The lowest BCUT2D eigenvalue weighted by molar-refractivity contribution is 0.112. The lowest BCUT2D eigenvalue weighted by Gasteiger charge is -2.01. The van der Waals surface area contributed by atoms with Gasteiger partial charge in [0.25, 0.3) is 0 Å². The lowest BCUT2D eigenvalue weighted by atomic mass is 10.1. The maximum absolute atomic E-state index is 10.6. The number of fused-ring (bicyclic) bond motifs is 1. The van der Waals surface area contributed by atoms with Crippen LogP contribution in [0.2, 0.25) is 0 Å². The molecule has 0 aliphatic heterocycles. The minimum atomic E-state index is 0.693. The van der Waals surface area contributed by atoms with E-state index in [9.17, 15) is 4.79 Å². The van der Waals surface area contributed by atoms with Crippen LogP contribution in [0.5, 0.6) is 0 Å². The van der Waals surface area contributed by atoms with Crippen molar-refractivity contribution in [1.29, 1.82) is 0 Å². The van der Waals surface area contributed by atoms with Crippen molar-refractivity contribution in [3.05, 3.63) is 46.4 Å². The van der Waals surface area contributed by atoms with Crippen molar-refractivity contribution < 1.29 is 4.79 Å². The highest BCUT2D eigenvalue weighted by Gasteiger charge is 2.02. The molecule has 0 atom stereocenters. The van der Waals surface area contributed by atoms with Crippen LogP contribution in [0.25, 0.3) is 10.8 Å². The van der Waals surface area contributed by atoms with E-state index in [1.165, 1.54) is 0 Å². The molecule has 15 heavy (non-hydrogen) atoms. The minimum absolute atomic E-state index is 0.693. The Morgan fingerprint density at radius 2 is 1.73 bits per heavy atom. The average Bonchev–Trinajstić information content (AvgIpc) is 2.33. The van der Waals surface area contributed by atoms with Gasteiger partial charge >= 0.3 is 0 Å². The molecular weight excluding hydrogens is 252 g/mol. The van der Waals surface area contributed by atoms with Crippen LogP contribution in [0.3, 0.4) is 0 Å². The molecule has 0 radical (unpaired) electrons. The zero-order chi connectivity index (χ0) is 11.3. The van der Waals surface area contributed by atoms with Crippen LogP contribution in [-0.2, 0) is 0 Å². The molecule has 0 unspecified atom stereocenters. The number of benzene rings is 2. The molecule has 2 aromatic carbocycles. The Bertz CT molecular complexity index is 463. The highest BCUT2D eigenvalue weighted by Crippen LogP contribution is 2.26. The first kappa shape index (κ1) is 11.9. The molecule has 2 rings (SSSR count). The van der Waals surface area contributed by atoms with Gasteiger partial charge in [-0.1, -0.05) is 44.2 Å². The Kier molecular flexibility index (Phi) is 4.50. The summed E-state index contributed by atoms with van der Waals surface area (Å²) in [6.07, 6.45) is 0.858. The van der Waals surface area contributed by atoms with Crippen molar-refractivity contribution in [2.24, 2.45) is 0 Å². The Hall–Kier alpha value is -1.15. The normalized spacial score (nSPS) is 9.27. The standard InChI is InChI=1S/C11H7BrO.C2H6/c12-11-9(7-13)6-5-8-3-1-2-4-10(8)11;1-2/h1-7H;1-2H3. The van der Waals surface area contributed by atoms with Crippen LogP contribution >= 0.6 is 15.9 Å². The molecule has 0 fully saturated rings. The number of hydrogen-bond donors (Lipinski definition) is 0. The second kappa shape index (κ2) is 5.66. The lowest BCUT2D eigenvalue weighted by Crippen LogP contribution is -1.83. The second-order valence-corrected chi connectivity index (χ2v) is 3.60. The van der Waals surface area contributed by atoms with Gasteiger partial charge in [0.1, 0.15) is 0 Å². The van der Waals surface area contributed by atoms with Crippen molar-refractivity contribution in [3.8, 4) is 0 Å². The van der Waals surface area contributed by atoms with E-state index in [1.807, 2.05) is 50.2 Å². The zero-order valence-corrected chi connectivity index (χ0v) is 10.4. The minimum Gasteiger partial charge on any atom is -0.298 e. The predicted octanol–water partition coefficient (Wildman–Crippen LogP) is 4.44. The first-order chi connectivity index (χ1) is 7.33. The van der Waals surface area contributed by atoms with Crippen LogP contribution in [0.15, 0.2) is 40.9 Å². The van der Waals surface area contributed by atoms with E-state index in [2.05, 4.69) is 15.9 Å². The highest BCUT2D eigenvalue weighted by atomic mass is 79.9. The summed E-state index contributed by atoms with van der Waals surface area (Å²) in [7, 11) is 0. The summed E-state index contributed by atoms with van der Waals surface area (Å²) in [5.74, 6) is 0. The van der Waals surface area contributed by atoms with Crippen LogP contribution in [-0.4, -0.2) is 6.29 Å². The average molecular weight is 265 g/mol. The summed E-state index contributed by atoms with van der Waals surface area (Å²) in [6.45, 7) is 4.00. The van der Waals surface area contributed by atoms with Gasteiger partial charge in [0.15, 0.2) is 6.29 Å². The molecule has 0 amide bonds. The zero-order valence-electron chi connectivity index (χ0n) is 8.83. The van der Waals surface area contributed by atoms with Crippen LogP contribution in [0.4, 0.5) is 0 Å². The summed E-state index contributed by atoms with van der Waals surface area (Å²) in [6, 6.07) is 11.7. The third-order valence-corrected chi connectivity index (χ3v) is 2.91. The van der Waals surface area contributed by atoms with Gasteiger partial charge in [0, 0.05) is 10.0 Å². The SMILES string of the molecule is CC.O=Cc1ccc2ccccc2c1Br. The van der Waals surface area contributed by atoms with E-state index in [4.69, 9.17) is 0 Å². The fraction of sp³-hybridized carbons (Fsp3) is 0.154. The first-order valence-corrected chi connectivity index (χ1v) is 5.74. The molecule has 0 N–H and O–H groups in total. The van der Waals surface area contributed by atoms with Gasteiger partial charge in [-0.25, -0.2) is 0 Å². The number of carbonyl (C=O) groups excluding carboxylic acids is 1. The molecule has 2 aromatic rings. The van der Waals surface area contributed by atoms with Gasteiger partial charge in [0.05, 0.1) is 0 Å². The summed E-state index contributed by atoms with van der Waals surface area (Å²) < 4.78 is 0.876. The van der Waals surface area contributed by atoms with Gasteiger partial charge in [0.2, 0.25) is 0 Å². The first-order valence-electron chi connectivity index (χ1n) is 4.95. The second-order valence-electron chi connectivity index (χ2n) is 2.81. The van der Waals surface area contributed by atoms with Crippen molar-refractivity contribution in [3.63, 3.8) is 0 Å². The van der Waals surface area contributed by atoms with E-state index >= 15 is 0 Å². The van der Waals surface area contributed by atoms with Crippen molar-refractivity contribution in [2.75, 3.05) is 0 Å². The highest BCUT2D eigenvalue weighted by molar-refractivity contribution is 9.10. The smallest absolute Gasteiger partial charge is 0.151 e. The molecule has 2 heteroatoms. The largest absolute Gasteiger partial charge is 0.298 e. The van der Waals surface area contributed by atoms with Gasteiger partial charge in [-0.3, -0.25) is 4.79 Å². The Balaban J connectivity index is 0.000000531. The fourth-order valence-corrected chi connectivity index (χ4v) is 1.93. The monoisotopic (exact) mass is 264 g/mol. The van der Waals surface area contributed by atoms with Gasteiger partial charge in [-0.2, -0.15) is 0 Å². The molecule has 0 aliphatic carbocycles. The number of halogens is 1. The number of rotatable bonds is 1. The molecule has 0 bridgehead atoms. The number of aldehydes is 1. The molecule has 1 nitrogen and oxygen atoms in total. The summed E-state index contributed by atoms with van der Waals surface area (Å²) in [4.78, 5) is 10.6. The molecule has 0 saturated heterocycles.